The summed E-state index contributed by atoms with van der Waals surface area (Å²) >= 11 is 0. The molecule has 0 aliphatic carbocycles. The summed E-state index contributed by atoms with van der Waals surface area (Å²) in [4.78, 5) is 11.0. The average molecular weight is 262 g/mol. The number of carboxylic acid groups (broad SMARTS) is 1. The SMILES string of the molecule is COc1cccc(C(NCCO)C(=O)O)c1.Cl. The van der Waals surface area contributed by atoms with Crippen LogP contribution in [0.1, 0.15) is 11.6 Å². The number of nitrogens with one attached hydrogen (secondary N) is 1. The first-order valence-electron chi connectivity index (χ1n) is 4.90. The number of benzene rings is 1. The van der Waals surface area contributed by atoms with Crippen LogP contribution in [-0.2, 0) is 4.79 Å². The third kappa shape index (κ3) is 4.60. The van der Waals surface area contributed by atoms with Crippen molar-refractivity contribution < 1.29 is 19.7 Å². The Morgan fingerprint density at radius 3 is 2.76 bits per heavy atom. The molecule has 96 valence electrons. The third-order valence-electron chi connectivity index (χ3n) is 2.13. The van der Waals surface area contributed by atoms with E-state index in [9.17, 15) is 4.79 Å². The second-order valence-electron chi connectivity index (χ2n) is 3.23. The highest BCUT2D eigenvalue weighted by Crippen LogP contribution is 2.19. The van der Waals surface area contributed by atoms with Gasteiger partial charge < -0.3 is 14.9 Å². The zero-order valence-corrected chi connectivity index (χ0v) is 10.2. The summed E-state index contributed by atoms with van der Waals surface area (Å²) < 4.78 is 5.02. The van der Waals surface area contributed by atoms with E-state index in [0.717, 1.165) is 0 Å². The summed E-state index contributed by atoms with van der Waals surface area (Å²) in [6.45, 7) is 0.127. The van der Waals surface area contributed by atoms with E-state index < -0.39 is 12.0 Å². The summed E-state index contributed by atoms with van der Waals surface area (Å²) in [6.07, 6.45) is 0. The molecule has 0 aliphatic heterocycles. The fourth-order valence-corrected chi connectivity index (χ4v) is 1.38. The van der Waals surface area contributed by atoms with E-state index in [2.05, 4.69) is 5.32 Å². The molecule has 0 bridgehead atoms. The van der Waals surface area contributed by atoms with Crippen LogP contribution in [0.2, 0.25) is 0 Å². The number of ether oxygens (including phenoxy) is 1. The molecule has 0 spiro atoms. The van der Waals surface area contributed by atoms with Gasteiger partial charge in [0.1, 0.15) is 11.8 Å². The van der Waals surface area contributed by atoms with Crippen molar-refractivity contribution in [3.63, 3.8) is 0 Å². The van der Waals surface area contributed by atoms with Crippen molar-refractivity contribution in [3.8, 4) is 5.75 Å². The van der Waals surface area contributed by atoms with Gasteiger partial charge >= 0.3 is 5.97 Å². The number of halogens is 1. The maximum Gasteiger partial charge on any atom is 0.325 e. The van der Waals surface area contributed by atoms with Crippen molar-refractivity contribution in [2.45, 2.75) is 6.04 Å². The number of aliphatic hydroxyl groups excluding tert-OH is 1. The molecule has 0 saturated carbocycles. The molecule has 0 aliphatic rings. The third-order valence-corrected chi connectivity index (χ3v) is 2.13. The molecule has 0 aromatic heterocycles. The van der Waals surface area contributed by atoms with E-state index in [1.54, 1.807) is 24.3 Å². The van der Waals surface area contributed by atoms with Crippen LogP contribution in [0, 0.1) is 0 Å². The van der Waals surface area contributed by atoms with Crippen LogP contribution in [0.4, 0.5) is 0 Å². The lowest BCUT2D eigenvalue weighted by atomic mass is 10.1. The minimum atomic E-state index is -0.985. The lowest BCUT2D eigenvalue weighted by Gasteiger charge is -2.14. The fourth-order valence-electron chi connectivity index (χ4n) is 1.38. The maximum atomic E-state index is 11.0. The lowest BCUT2D eigenvalue weighted by Crippen LogP contribution is -2.30. The minimum absolute atomic E-state index is 0. The van der Waals surface area contributed by atoms with Gasteiger partial charge in [-0.25, -0.2) is 0 Å². The molecule has 3 N–H and O–H groups in total. The Hall–Kier alpha value is -1.30. The summed E-state index contributed by atoms with van der Waals surface area (Å²) in [5.41, 5.74) is 0.598. The Bertz CT molecular complexity index is 359. The zero-order chi connectivity index (χ0) is 12.0. The molecule has 0 fully saturated rings. The molecule has 1 aromatic rings. The Balaban J connectivity index is 0.00000256. The van der Waals surface area contributed by atoms with Crippen molar-refractivity contribution in [2.75, 3.05) is 20.3 Å². The van der Waals surface area contributed by atoms with Gasteiger partial charge in [-0.15, -0.1) is 12.4 Å². The molecular weight excluding hydrogens is 246 g/mol. The number of aliphatic hydroxyl groups is 1. The number of hydrogen-bond donors (Lipinski definition) is 3. The smallest absolute Gasteiger partial charge is 0.325 e. The lowest BCUT2D eigenvalue weighted by molar-refractivity contribution is -0.139. The van der Waals surface area contributed by atoms with Crippen molar-refractivity contribution in [2.24, 2.45) is 0 Å². The molecule has 17 heavy (non-hydrogen) atoms. The van der Waals surface area contributed by atoms with Crippen LogP contribution in [0.15, 0.2) is 24.3 Å². The average Bonchev–Trinajstić information content (AvgIpc) is 2.29. The van der Waals surface area contributed by atoms with Crippen molar-refractivity contribution in [1.29, 1.82) is 0 Å². The van der Waals surface area contributed by atoms with E-state index in [-0.39, 0.29) is 25.6 Å². The van der Waals surface area contributed by atoms with E-state index in [4.69, 9.17) is 14.9 Å². The van der Waals surface area contributed by atoms with Crippen LogP contribution in [0.25, 0.3) is 0 Å². The summed E-state index contributed by atoms with van der Waals surface area (Å²) in [7, 11) is 1.52. The maximum absolute atomic E-state index is 11.0. The molecule has 6 heteroatoms. The highest BCUT2D eigenvalue weighted by molar-refractivity contribution is 5.85. The van der Waals surface area contributed by atoms with Gasteiger partial charge in [0.15, 0.2) is 0 Å². The van der Waals surface area contributed by atoms with Crippen molar-refractivity contribution in [3.05, 3.63) is 29.8 Å². The van der Waals surface area contributed by atoms with Gasteiger partial charge in [-0.05, 0) is 17.7 Å². The van der Waals surface area contributed by atoms with Gasteiger partial charge in [-0.1, -0.05) is 12.1 Å². The fraction of sp³-hybridized carbons (Fsp3) is 0.364. The number of methoxy groups -OCH3 is 1. The van der Waals surface area contributed by atoms with Crippen molar-refractivity contribution >= 4 is 18.4 Å². The highest BCUT2D eigenvalue weighted by atomic mass is 35.5. The zero-order valence-electron chi connectivity index (χ0n) is 9.42. The molecule has 1 rings (SSSR count). The molecule has 0 radical (unpaired) electrons. The second kappa shape index (κ2) is 7.89. The van der Waals surface area contributed by atoms with Gasteiger partial charge in [-0.3, -0.25) is 10.1 Å². The van der Waals surface area contributed by atoms with Crippen LogP contribution >= 0.6 is 12.4 Å². The first-order chi connectivity index (χ1) is 7.69. The number of rotatable bonds is 6. The van der Waals surface area contributed by atoms with Gasteiger partial charge in [0.05, 0.1) is 13.7 Å². The Labute approximate surface area is 106 Å². The first-order valence-corrected chi connectivity index (χ1v) is 4.90. The second-order valence-corrected chi connectivity index (χ2v) is 3.23. The number of carbonyl (C=O) groups is 1. The molecule has 1 atom stereocenters. The van der Waals surface area contributed by atoms with Crippen LogP contribution in [-0.4, -0.2) is 36.4 Å². The standard InChI is InChI=1S/C11H15NO4.ClH/c1-16-9-4-2-3-8(7-9)10(11(14)15)12-5-6-13;/h2-4,7,10,12-13H,5-6H2,1H3,(H,14,15);1H. The van der Waals surface area contributed by atoms with Gasteiger partial charge in [0, 0.05) is 6.54 Å². The highest BCUT2D eigenvalue weighted by Gasteiger charge is 2.18. The van der Waals surface area contributed by atoms with E-state index in [1.807, 2.05) is 0 Å². The molecule has 0 heterocycles. The first kappa shape index (κ1) is 15.7. The predicted molar refractivity (Wildman–Crippen MR) is 65.7 cm³/mol. The summed E-state index contributed by atoms with van der Waals surface area (Å²) in [6, 6.07) is 6.00. The topological polar surface area (TPSA) is 78.8 Å². The van der Waals surface area contributed by atoms with E-state index in [0.29, 0.717) is 11.3 Å². The molecule has 1 aromatic carbocycles. The number of hydrogen-bond acceptors (Lipinski definition) is 4. The summed E-state index contributed by atoms with van der Waals surface area (Å²) in [5, 5.41) is 20.4. The molecule has 1 unspecified atom stereocenters. The minimum Gasteiger partial charge on any atom is -0.497 e. The van der Waals surface area contributed by atoms with Gasteiger partial charge in [0.2, 0.25) is 0 Å². The Kier molecular flexibility index (Phi) is 7.29. The molecular formula is C11H16ClNO4. The Morgan fingerprint density at radius 2 is 2.24 bits per heavy atom. The van der Waals surface area contributed by atoms with E-state index in [1.165, 1.54) is 7.11 Å². The molecule has 0 amide bonds. The van der Waals surface area contributed by atoms with Crippen LogP contribution in [0.5, 0.6) is 5.75 Å². The quantitative estimate of drug-likeness (QED) is 0.707. The van der Waals surface area contributed by atoms with Gasteiger partial charge in [-0.2, -0.15) is 0 Å². The largest absolute Gasteiger partial charge is 0.497 e. The van der Waals surface area contributed by atoms with Crippen LogP contribution < -0.4 is 10.1 Å². The van der Waals surface area contributed by atoms with Crippen molar-refractivity contribution in [1.82, 2.24) is 5.32 Å². The monoisotopic (exact) mass is 261 g/mol. The predicted octanol–water partition coefficient (Wildman–Crippen LogP) is 0.825. The summed E-state index contributed by atoms with van der Waals surface area (Å²) in [5.74, 6) is -0.378. The molecule has 0 saturated heterocycles. The Morgan fingerprint density at radius 1 is 1.53 bits per heavy atom. The van der Waals surface area contributed by atoms with Gasteiger partial charge in [0.25, 0.3) is 0 Å². The van der Waals surface area contributed by atoms with Crippen LogP contribution in [0.3, 0.4) is 0 Å². The normalized spacial score (nSPS) is 11.4. The molecule has 5 nitrogen and oxygen atoms in total. The number of aliphatic carboxylic acids is 1. The van der Waals surface area contributed by atoms with E-state index >= 15 is 0 Å². The number of carboxylic acids is 1.